The summed E-state index contributed by atoms with van der Waals surface area (Å²) in [4.78, 5) is 6.90. The molecule has 0 fully saturated rings. The molecule has 0 unspecified atom stereocenters. The monoisotopic (exact) mass is 259 g/mol. The fourth-order valence-corrected chi connectivity index (χ4v) is 2.87. The number of likely N-dealkylation sites (N-methyl/N-ethyl adjacent to an activating group) is 1. The first kappa shape index (κ1) is 12.5. The van der Waals surface area contributed by atoms with Crippen LogP contribution < -0.4 is 5.73 Å². The molecule has 19 heavy (non-hydrogen) atoms. The van der Waals surface area contributed by atoms with Gasteiger partial charge < -0.3 is 5.73 Å². The highest BCUT2D eigenvalue weighted by Crippen LogP contribution is 2.28. The second kappa shape index (κ2) is 4.87. The van der Waals surface area contributed by atoms with Crippen LogP contribution in [0.25, 0.3) is 10.9 Å². The lowest BCUT2D eigenvalue weighted by atomic mass is 9.96. The van der Waals surface area contributed by atoms with E-state index in [-0.39, 0.29) is 5.82 Å². The van der Waals surface area contributed by atoms with E-state index >= 15 is 0 Å². The maximum Gasteiger partial charge on any atom is 0.149 e. The largest absolute Gasteiger partial charge is 0.326 e. The Morgan fingerprint density at radius 2 is 2.26 bits per heavy atom. The number of hydrogen-bond donors (Lipinski definition) is 1. The number of pyridine rings is 1. The molecule has 3 rings (SSSR count). The second-order valence-corrected chi connectivity index (χ2v) is 4.97. The zero-order chi connectivity index (χ0) is 13.4. The Hall–Kier alpha value is -1.52. The number of aromatic nitrogens is 1. The molecule has 1 aromatic heterocycles. The minimum Gasteiger partial charge on any atom is -0.326 e. The first-order valence-electron chi connectivity index (χ1n) is 6.75. The van der Waals surface area contributed by atoms with Crippen molar-refractivity contribution >= 4 is 10.9 Å². The molecular formula is C15H18FN3. The van der Waals surface area contributed by atoms with Crippen molar-refractivity contribution in [2.45, 2.75) is 26.4 Å². The highest BCUT2D eigenvalue weighted by atomic mass is 19.1. The summed E-state index contributed by atoms with van der Waals surface area (Å²) in [6, 6.07) is 5.10. The Labute approximate surface area is 112 Å². The third-order valence-corrected chi connectivity index (χ3v) is 3.97. The molecule has 0 bridgehead atoms. The number of fused-ring (bicyclic) bond motifs is 2. The molecule has 1 aliphatic heterocycles. The molecule has 100 valence electrons. The predicted molar refractivity (Wildman–Crippen MR) is 74.2 cm³/mol. The third-order valence-electron chi connectivity index (χ3n) is 3.97. The molecule has 0 spiro atoms. The number of hydrogen-bond acceptors (Lipinski definition) is 3. The van der Waals surface area contributed by atoms with E-state index in [0.717, 1.165) is 42.7 Å². The van der Waals surface area contributed by atoms with Crippen molar-refractivity contribution in [2.24, 2.45) is 5.73 Å². The summed E-state index contributed by atoms with van der Waals surface area (Å²) in [5.41, 5.74) is 9.65. The summed E-state index contributed by atoms with van der Waals surface area (Å²) >= 11 is 0. The lowest BCUT2D eigenvalue weighted by Crippen LogP contribution is -2.32. The van der Waals surface area contributed by atoms with E-state index in [9.17, 15) is 4.39 Å². The summed E-state index contributed by atoms with van der Waals surface area (Å²) in [5.74, 6) is -0.257. The normalized spacial score (nSPS) is 15.7. The van der Waals surface area contributed by atoms with Crippen LogP contribution >= 0.6 is 0 Å². The van der Waals surface area contributed by atoms with E-state index in [1.165, 1.54) is 11.6 Å². The molecule has 2 aromatic rings. The first-order valence-corrected chi connectivity index (χ1v) is 6.75. The lowest BCUT2D eigenvalue weighted by Gasteiger charge is -2.29. The quantitative estimate of drug-likeness (QED) is 0.899. The van der Waals surface area contributed by atoms with Gasteiger partial charge in [0.15, 0.2) is 0 Å². The highest BCUT2D eigenvalue weighted by molar-refractivity contribution is 5.84. The van der Waals surface area contributed by atoms with Gasteiger partial charge in [-0.2, -0.15) is 0 Å². The van der Waals surface area contributed by atoms with Crippen LogP contribution in [0, 0.1) is 5.82 Å². The smallest absolute Gasteiger partial charge is 0.149 e. The van der Waals surface area contributed by atoms with Gasteiger partial charge in [-0.05, 0) is 23.7 Å². The summed E-state index contributed by atoms with van der Waals surface area (Å²) in [6.07, 6.45) is 0.875. The van der Waals surface area contributed by atoms with Gasteiger partial charge in [0.1, 0.15) is 11.3 Å². The second-order valence-electron chi connectivity index (χ2n) is 4.97. The molecule has 2 heterocycles. The molecule has 0 saturated heterocycles. The van der Waals surface area contributed by atoms with Gasteiger partial charge in [-0.15, -0.1) is 0 Å². The molecule has 3 nitrogen and oxygen atoms in total. The predicted octanol–water partition coefficient (Wildman–Crippen LogP) is 2.21. The Kier molecular flexibility index (Phi) is 3.21. The van der Waals surface area contributed by atoms with Gasteiger partial charge >= 0.3 is 0 Å². The Bertz CT molecular complexity index is 624. The van der Waals surface area contributed by atoms with Gasteiger partial charge in [0.2, 0.25) is 0 Å². The molecular weight excluding hydrogens is 241 g/mol. The third kappa shape index (κ3) is 2.01. The van der Waals surface area contributed by atoms with E-state index < -0.39 is 0 Å². The van der Waals surface area contributed by atoms with Crippen LogP contribution in [-0.2, 0) is 19.5 Å². The number of rotatable bonds is 2. The van der Waals surface area contributed by atoms with E-state index in [1.807, 2.05) is 6.07 Å². The Morgan fingerprint density at radius 3 is 3.00 bits per heavy atom. The molecule has 1 aromatic carbocycles. The molecule has 0 saturated carbocycles. The van der Waals surface area contributed by atoms with E-state index in [2.05, 4.69) is 16.8 Å². The standard InChI is InChI=1S/C15H18FN3/c1-2-19-7-6-14-12(9-19)11(8-17)10-4-3-5-13(16)15(10)18-14/h3-5H,2,6-9,17H2,1H3. The van der Waals surface area contributed by atoms with E-state index in [0.29, 0.717) is 12.1 Å². The van der Waals surface area contributed by atoms with Gasteiger partial charge in [-0.1, -0.05) is 19.1 Å². The highest BCUT2D eigenvalue weighted by Gasteiger charge is 2.21. The topological polar surface area (TPSA) is 42.2 Å². The van der Waals surface area contributed by atoms with Gasteiger partial charge in [0.05, 0.1) is 0 Å². The minimum absolute atomic E-state index is 0.257. The summed E-state index contributed by atoms with van der Waals surface area (Å²) in [5, 5.41) is 0.860. The van der Waals surface area contributed by atoms with Crippen LogP contribution in [0.4, 0.5) is 4.39 Å². The fourth-order valence-electron chi connectivity index (χ4n) is 2.87. The molecule has 0 aliphatic carbocycles. The number of para-hydroxylation sites is 1. The first-order chi connectivity index (χ1) is 9.24. The number of nitrogens with zero attached hydrogens (tertiary/aromatic N) is 2. The van der Waals surface area contributed by atoms with Gasteiger partial charge in [0.25, 0.3) is 0 Å². The Morgan fingerprint density at radius 1 is 1.42 bits per heavy atom. The van der Waals surface area contributed by atoms with E-state index in [1.54, 1.807) is 6.07 Å². The average molecular weight is 259 g/mol. The molecule has 1 aliphatic rings. The zero-order valence-corrected chi connectivity index (χ0v) is 11.1. The average Bonchev–Trinajstić information content (AvgIpc) is 2.45. The molecule has 4 heteroatoms. The molecule has 0 amide bonds. The fraction of sp³-hybridized carbons (Fsp3) is 0.400. The minimum atomic E-state index is -0.257. The summed E-state index contributed by atoms with van der Waals surface area (Å²) in [7, 11) is 0. The van der Waals surface area contributed by atoms with Gasteiger partial charge in [-0.25, -0.2) is 9.37 Å². The SMILES string of the molecule is CCN1CCc2nc3c(F)cccc3c(CN)c2C1. The van der Waals surface area contributed by atoms with Crippen LogP contribution in [0.1, 0.15) is 23.7 Å². The maximum absolute atomic E-state index is 13.9. The van der Waals surface area contributed by atoms with Gasteiger partial charge in [-0.3, -0.25) is 4.90 Å². The van der Waals surface area contributed by atoms with E-state index in [4.69, 9.17) is 5.73 Å². The van der Waals surface area contributed by atoms with Crippen LogP contribution in [0.5, 0.6) is 0 Å². The number of nitrogens with two attached hydrogens (primary N) is 1. The number of benzene rings is 1. The van der Waals surface area contributed by atoms with Crippen molar-refractivity contribution in [3.63, 3.8) is 0 Å². The van der Waals surface area contributed by atoms with Crippen molar-refractivity contribution in [3.8, 4) is 0 Å². The van der Waals surface area contributed by atoms with Crippen molar-refractivity contribution < 1.29 is 4.39 Å². The van der Waals surface area contributed by atoms with Crippen LogP contribution in [0.3, 0.4) is 0 Å². The van der Waals surface area contributed by atoms with Crippen molar-refractivity contribution in [1.29, 1.82) is 0 Å². The lowest BCUT2D eigenvalue weighted by molar-refractivity contribution is 0.265. The van der Waals surface area contributed by atoms with Crippen LogP contribution in [0.2, 0.25) is 0 Å². The maximum atomic E-state index is 13.9. The summed E-state index contributed by atoms with van der Waals surface area (Å²) < 4.78 is 13.9. The number of halogens is 1. The van der Waals surface area contributed by atoms with Crippen molar-refractivity contribution in [1.82, 2.24) is 9.88 Å². The van der Waals surface area contributed by atoms with Crippen molar-refractivity contribution in [2.75, 3.05) is 13.1 Å². The Balaban J connectivity index is 2.26. The molecule has 0 radical (unpaired) electrons. The van der Waals surface area contributed by atoms with Crippen LogP contribution in [0.15, 0.2) is 18.2 Å². The van der Waals surface area contributed by atoms with Crippen molar-refractivity contribution in [3.05, 3.63) is 40.8 Å². The summed E-state index contributed by atoms with van der Waals surface area (Å²) in [6.45, 7) is 5.46. The zero-order valence-electron chi connectivity index (χ0n) is 11.1. The molecule has 2 N–H and O–H groups in total. The van der Waals surface area contributed by atoms with Crippen LogP contribution in [-0.4, -0.2) is 23.0 Å². The molecule has 0 atom stereocenters. The van der Waals surface area contributed by atoms with Gasteiger partial charge in [0, 0.05) is 37.1 Å².